The third kappa shape index (κ3) is 3.16. The molecule has 0 saturated carbocycles. The van der Waals surface area contributed by atoms with Gasteiger partial charge in [-0.15, -0.1) is 0 Å². The maximum absolute atomic E-state index is 2.52. The molecular formula is C35H29N. The molecule has 7 rings (SSSR count). The summed E-state index contributed by atoms with van der Waals surface area (Å²) in [7, 11) is 0. The minimum atomic E-state index is 0.102. The molecule has 0 radical (unpaired) electrons. The van der Waals surface area contributed by atoms with Gasteiger partial charge in [-0.3, -0.25) is 0 Å². The number of hydrogen-bond acceptors (Lipinski definition) is 1. The number of para-hydroxylation sites is 1. The Hall–Kier alpha value is -4.10. The van der Waals surface area contributed by atoms with Gasteiger partial charge in [0.1, 0.15) is 0 Å². The van der Waals surface area contributed by atoms with E-state index in [1.54, 1.807) is 0 Å². The molecule has 0 atom stereocenters. The number of anilines is 2. The standard InChI is InChI=1S/C35H29N/c1-35(2)20-21-36(24-12-4-3-5-13-24)34-23-32-30-19-11-9-17-28(30)26-15-7-6-14-25(26)27-16-8-10-18-29(27)31(32)22-33(34)35/h3-19,22-23H,20-21H2,1-2H3. The first-order valence-electron chi connectivity index (χ1n) is 12.9. The van der Waals surface area contributed by atoms with Crippen molar-refractivity contribution in [3.8, 4) is 44.5 Å². The molecule has 36 heavy (non-hydrogen) atoms. The summed E-state index contributed by atoms with van der Waals surface area (Å²) >= 11 is 0. The minimum absolute atomic E-state index is 0.102. The highest BCUT2D eigenvalue weighted by molar-refractivity contribution is 6.04. The number of nitrogens with zero attached hydrogens (tertiary/aromatic N) is 1. The van der Waals surface area contributed by atoms with E-state index in [1.807, 2.05) is 0 Å². The fraction of sp³-hybridized carbons (Fsp3) is 0.143. The molecule has 0 bridgehead atoms. The van der Waals surface area contributed by atoms with E-state index >= 15 is 0 Å². The van der Waals surface area contributed by atoms with E-state index in [4.69, 9.17) is 0 Å². The zero-order valence-corrected chi connectivity index (χ0v) is 20.8. The van der Waals surface area contributed by atoms with Gasteiger partial charge >= 0.3 is 0 Å². The maximum Gasteiger partial charge on any atom is 0.0455 e. The molecule has 174 valence electrons. The third-order valence-corrected chi connectivity index (χ3v) is 8.13. The van der Waals surface area contributed by atoms with E-state index in [2.05, 4.69) is 134 Å². The fourth-order valence-electron chi connectivity index (χ4n) is 6.18. The van der Waals surface area contributed by atoms with Crippen LogP contribution < -0.4 is 4.90 Å². The zero-order chi connectivity index (χ0) is 24.3. The highest BCUT2D eigenvalue weighted by Gasteiger charge is 2.34. The second-order valence-electron chi connectivity index (χ2n) is 10.7. The molecule has 0 saturated heterocycles. The van der Waals surface area contributed by atoms with E-state index in [1.165, 1.54) is 61.4 Å². The molecule has 1 heterocycles. The topological polar surface area (TPSA) is 3.24 Å². The van der Waals surface area contributed by atoms with Crippen molar-refractivity contribution >= 4 is 11.4 Å². The van der Waals surface area contributed by atoms with Crippen LogP contribution in [0.25, 0.3) is 44.5 Å². The Kier molecular flexibility index (Phi) is 4.69. The Morgan fingerprint density at radius 1 is 0.500 bits per heavy atom. The number of benzene rings is 5. The molecule has 0 N–H and O–H groups in total. The van der Waals surface area contributed by atoms with Crippen molar-refractivity contribution in [2.45, 2.75) is 25.7 Å². The maximum atomic E-state index is 2.52. The summed E-state index contributed by atoms with van der Waals surface area (Å²) < 4.78 is 0. The first kappa shape index (κ1) is 21.2. The molecular weight excluding hydrogens is 434 g/mol. The van der Waals surface area contributed by atoms with Crippen LogP contribution in [0.5, 0.6) is 0 Å². The van der Waals surface area contributed by atoms with E-state index in [9.17, 15) is 0 Å². The van der Waals surface area contributed by atoms with Gasteiger partial charge in [-0.05, 0) is 86.2 Å². The monoisotopic (exact) mass is 463 g/mol. The van der Waals surface area contributed by atoms with Gasteiger partial charge in [0.25, 0.3) is 0 Å². The lowest BCUT2D eigenvalue weighted by atomic mass is 9.73. The second-order valence-corrected chi connectivity index (χ2v) is 10.7. The Balaban J connectivity index is 1.60. The van der Waals surface area contributed by atoms with E-state index in [0.29, 0.717) is 0 Å². The average Bonchev–Trinajstić information content (AvgIpc) is 2.92. The lowest BCUT2D eigenvalue weighted by molar-refractivity contribution is 0.467. The number of fused-ring (bicyclic) bond motifs is 9. The van der Waals surface area contributed by atoms with Crippen molar-refractivity contribution in [3.63, 3.8) is 0 Å². The molecule has 0 fully saturated rings. The summed E-state index contributed by atoms with van der Waals surface area (Å²) in [5.74, 6) is 0. The van der Waals surface area contributed by atoms with Crippen molar-refractivity contribution in [1.29, 1.82) is 0 Å². The van der Waals surface area contributed by atoms with Crippen LogP contribution in [0.15, 0.2) is 115 Å². The summed E-state index contributed by atoms with van der Waals surface area (Å²) in [5, 5.41) is 0. The Morgan fingerprint density at radius 2 is 0.917 bits per heavy atom. The van der Waals surface area contributed by atoms with Crippen LogP contribution in [0.3, 0.4) is 0 Å². The molecule has 5 aromatic carbocycles. The molecule has 0 aromatic heterocycles. The lowest BCUT2D eigenvalue weighted by Crippen LogP contribution is -2.34. The van der Waals surface area contributed by atoms with Crippen LogP contribution in [-0.4, -0.2) is 6.54 Å². The summed E-state index contributed by atoms with van der Waals surface area (Å²) in [4.78, 5) is 2.52. The quantitative estimate of drug-likeness (QED) is 0.235. The molecule has 0 unspecified atom stereocenters. The molecule has 5 aromatic rings. The van der Waals surface area contributed by atoms with Gasteiger partial charge in [0.15, 0.2) is 0 Å². The highest BCUT2D eigenvalue weighted by atomic mass is 15.1. The molecule has 1 nitrogen and oxygen atoms in total. The molecule has 0 spiro atoms. The largest absolute Gasteiger partial charge is 0.341 e. The van der Waals surface area contributed by atoms with Crippen LogP contribution in [0, 0.1) is 0 Å². The summed E-state index contributed by atoms with van der Waals surface area (Å²) in [6, 6.07) is 42.6. The smallest absolute Gasteiger partial charge is 0.0455 e. The van der Waals surface area contributed by atoms with Crippen LogP contribution in [0.1, 0.15) is 25.8 Å². The van der Waals surface area contributed by atoms with E-state index < -0.39 is 0 Å². The van der Waals surface area contributed by atoms with Gasteiger partial charge in [0, 0.05) is 17.9 Å². The van der Waals surface area contributed by atoms with Gasteiger partial charge in [0.2, 0.25) is 0 Å². The second kappa shape index (κ2) is 7.96. The van der Waals surface area contributed by atoms with Crippen LogP contribution in [0.2, 0.25) is 0 Å². The van der Waals surface area contributed by atoms with Crippen molar-refractivity contribution in [3.05, 3.63) is 121 Å². The molecule has 1 aliphatic carbocycles. The average molecular weight is 464 g/mol. The Morgan fingerprint density at radius 3 is 1.42 bits per heavy atom. The summed E-state index contributed by atoms with van der Waals surface area (Å²) in [6.45, 7) is 5.82. The van der Waals surface area contributed by atoms with Gasteiger partial charge < -0.3 is 4.90 Å². The van der Waals surface area contributed by atoms with Crippen molar-refractivity contribution in [2.24, 2.45) is 0 Å². The van der Waals surface area contributed by atoms with Gasteiger partial charge in [-0.1, -0.05) is 105 Å². The van der Waals surface area contributed by atoms with Crippen LogP contribution >= 0.6 is 0 Å². The van der Waals surface area contributed by atoms with E-state index in [-0.39, 0.29) is 5.41 Å². The first-order valence-corrected chi connectivity index (χ1v) is 12.9. The van der Waals surface area contributed by atoms with Crippen molar-refractivity contribution in [1.82, 2.24) is 0 Å². The van der Waals surface area contributed by atoms with Gasteiger partial charge in [0.05, 0.1) is 0 Å². The van der Waals surface area contributed by atoms with Crippen molar-refractivity contribution in [2.75, 3.05) is 11.4 Å². The number of hydrogen-bond donors (Lipinski definition) is 0. The molecule has 2 aliphatic rings. The van der Waals surface area contributed by atoms with Gasteiger partial charge in [-0.2, -0.15) is 0 Å². The Bertz CT molecular complexity index is 1610. The Labute approximate surface area is 213 Å². The molecule has 1 heteroatoms. The first-order chi connectivity index (χ1) is 17.6. The number of rotatable bonds is 1. The minimum Gasteiger partial charge on any atom is -0.341 e. The highest BCUT2D eigenvalue weighted by Crippen LogP contribution is 2.52. The van der Waals surface area contributed by atoms with E-state index in [0.717, 1.165) is 13.0 Å². The normalized spacial score (nSPS) is 14.9. The summed E-state index contributed by atoms with van der Waals surface area (Å²) in [5.41, 5.74) is 14.6. The van der Waals surface area contributed by atoms with Crippen molar-refractivity contribution < 1.29 is 0 Å². The predicted molar refractivity (Wildman–Crippen MR) is 153 cm³/mol. The van der Waals surface area contributed by atoms with Crippen LogP contribution in [-0.2, 0) is 5.41 Å². The molecule has 1 aliphatic heterocycles. The lowest BCUT2D eigenvalue weighted by Gasteiger charge is -2.41. The SMILES string of the molecule is CC1(C)CCN(c2ccccc2)c2cc3c(cc21)-c1ccccc1-c1ccccc1-c1ccccc1-3. The summed E-state index contributed by atoms with van der Waals surface area (Å²) in [6.07, 6.45) is 1.12. The fourth-order valence-corrected chi connectivity index (χ4v) is 6.18. The van der Waals surface area contributed by atoms with Gasteiger partial charge in [-0.25, -0.2) is 0 Å². The zero-order valence-electron chi connectivity index (χ0n) is 20.8. The van der Waals surface area contributed by atoms with Crippen LogP contribution in [0.4, 0.5) is 11.4 Å². The predicted octanol–water partition coefficient (Wildman–Crippen LogP) is 9.49. The third-order valence-electron chi connectivity index (χ3n) is 8.13. The molecule has 0 amide bonds.